The standard InChI is InChI=1S/C27H28N4O4/c1-30(2)12-7-13-31-15-18(22-20(31)10-11-21(34-3)25(22)35-4)24-23(26(32)29-27(24)33)17-14-28-19-9-6-5-8-16(17)19/h5-6,8-11,14-15,28H,7,12-13H2,1-4H3,(H,29,32,33). The van der Waals surface area contributed by atoms with Crippen molar-refractivity contribution in [3.63, 3.8) is 0 Å². The summed E-state index contributed by atoms with van der Waals surface area (Å²) in [6.07, 6.45) is 4.65. The molecule has 2 aromatic carbocycles. The van der Waals surface area contributed by atoms with Gasteiger partial charge in [-0.1, -0.05) is 18.2 Å². The molecule has 35 heavy (non-hydrogen) atoms. The summed E-state index contributed by atoms with van der Waals surface area (Å²) in [6, 6.07) is 11.6. The Morgan fingerprint density at radius 1 is 0.943 bits per heavy atom. The van der Waals surface area contributed by atoms with Gasteiger partial charge in [0.25, 0.3) is 11.8 Å². The molecule has 8 heteroatoms. The number of carbonyl (C=O) groups is 2. The Morgan fingerprint density at radius 3 is 2.40 bits per heavy atom. The lowest BCUT2D eigenvalue weighted by Gasteiger charge is -2.12. The van der Waals surface area contributed by atoms with Gasteiger partial charge in [0.05, 0.1) is 36.3 Å². The predicted molar refractivity (Wildman–Crippen MR) is 136 cm³/mol. The number of carbonyl (C=O) groups excluding carboxylic acids is 2. The minimum atomic E-state index is -0.424. The summed E-state index contributed by atoms with van der Waals surface area (Å²) in [5.41, 5.74) is 3.83. The summed E-state index contributed by atoms with van der Waals surface area (Å²) < 4.78 is 13.4. The highest BCUT2D eigenvalue weighted by Gasteiger charge is 2.36. The summed E-state index contributed by atoms with van der Waals surface area (Å²) in [4.78, 5) is 31.7. The molecule has 2 amide bonds. The number of imide groups is 1. The Morgan fingerprint density at radius 2 is 1.69 bits per heavy atom. The first kappa shape index (κ1) is 22.7. The molecule has 8 nitrogen and oxygen atoms in total. The minimum Gasteiger partial charge on any atom is -0.493 e. The molecule has 0 bridgehead atoms. The molecule has 0 saturated heterocycles. The van der Waals surface area contributed by atoms with E-state index in [1.807, 2.05) is 56.7 Å². The third kappa shape index (κ3) is 3.76. The fourth-order valence-electron chi connectivity index (χ4n) is 4.89. The molecule has 0 fully saturated rings. The fourth-order valence-corrected chi connectivity index (χ4v) is 4.89. The molecule has 3 heterocycles. The van der Waals surface area contributed by atoms with E-state index in [4.69, 9.17) is 9.47 Å². The number of benzene rings is 2. The van der Waals surface area contributed by atoms with Crippen molar-refractivity contribution in [2.24, 2.45) is 0 Å². The molecule has 180 valence electrons. The van der Waals surface area contributed by atoms with Crippen LogP contribution in [0.2, 0.25) is 0 Å². The number of amides is 2. The van der Waals surface area contributed by atoms with Crippen LogP contribution in [0.3, 0.4) is 0 Å². The maximum atomic E-state index is 13.2. The van der Waals surface area contributed by atoms with Gasteiger partial charge in [-0.3, -0.25) is 14.9 Å². The van der Waals surface area contributed by atoms with E-state index in [0.29, 0.717) is 33.8 Å². The number of aromatic nitrogens is 2. The molecule has 0 unspecified atom stereocenters. The first-order valence-corrected chi connectivity index (χ1v) is 11.5. The number of nitrogens with one attached hydrogen (secondary N) is 2. The number of fused-ring (bicyclic) bond motifs is 2. The number of nitrogens with zero attached hydrogens (tertiary/aromatic N) is 2. The van der Waals surface area contributed by atoms with Crippen molar-refractivity contribution in [1.29, 1.82) is 0 Å². The summed E-state index contributed by atoms with van der Waals surface area (Å²) in [7, 11) is 7.25. The fraction of sp³-hybridized carbons (Fsp3) is 0.259. The molecule has 4 aromatic rings. The molecule has 1 aliphatic rings. The van der Waals surface area contributed by atoms with Gasteiger partial charge in [-0.15, -0.1) is 0 Å². The number of H-pyrrole nitrogens is 1. The average molecular weight is 473 g/mol. The van der Waals surface area contributed by atoms with E-state index in [1.165, 1.54) is 0 Å². The molecule has 0 aliphatic carbocycles. The number of hydrogen-bond donors (Lipinski definition) is 2. The quantitative estimate of drug-likeness (QED) is 0.382. The van der Waals surface area contributed by atoms with E-state index in [9.17, 15) is 9.59 Å². The number of aromatic amines is 1. The smallest absolute Gasteiger partial charge is 0.259 e. The lowest BCUT2D eigenvalue weighted by Crippen LogP contribution is -2.22. The highest BCUT2D eigenvalue weighted by atomic mass is 16.5. The van der Waals surface area contributed by atoms with E-state index in [0.717, 1.165) is 41.3 Å². The summed E-state index contributed by atoms with van der Waals surface area (Å²) in [5, 5.41) is 4.14. The topological polar surface area (TPSA) is 88.6 Å². The van der Waals surface area contributed by atoms with Crippen LogP contribution in [0.1, 0.15) is 17.5 Å². The largest absolute Gasteiger partial charge is 0.493 e. The van der Waals surface area contributed by atoms with Crippen LogP contribution in [0.25, 0.3) is 33.0 Å². The minimum absolute atomic E-state index is 0.336. The van der Waals surface area contributed by atoms with Crippen molar-refractivity contribution in [3.8, 4) is 11.5 Å². The van der Waals surface area contributed by atoms with E-state index in [2.05, 4.69) is 19.8 Å². The Bertz CT molecular complexity index is 1490. The Kier molecular flexibility index (Phi) is 5.82. The maximum Gasteiger partial charge on any atom is 0.259 e. The number of aryl methyl sites for hydroxylation is 1. The van der Waals surface area contributed by atoms with Crippen LogP contribution in [0.5, 0.6) is 11.5 Å². The van der Waals surface area contributed by atoms with Crippen LogP contribution < -0.4 is 14.8 Å². The van der Waals surface area contributed by atoms with Crippen LogP contribution in [-0.2, 0) is 16.1 Å². The second kappa shape index (κ2) is 8.96. The van der Waals surface area contributed by atoms with Crippen LogP contribution in [0.15, 0.2) is 48.8 Å². The highest BCUT2D eigenvalue weighted by Crippen LogP contribution is 2.44. The van der Waals surface area contributed by atoms with Crippen LogP contribution in [-0.4, -0.2) is 61.1 Å². The number of para-hydroxylation sites is 1. The number of methoxy groups -OCH3 is 2. The lowest BCUT2D eigenvalue weighted by molar-refractivity contribution is -0.122. The second-order valence-electron chi connectivity index (χ2n) is 8.87. The molecule has 5 rings (SSSR count). The van der Waals surface area contributed by atoms with Crippen molar-refractivity contribution in [1.82, 2.24) is 19.8 Å². The third-order valence-electron chi connectivity index (χ3n) is 6.45. The zero-order valence-electron chi connectivity index (χ0n) is 20.3. The van der Waals surface area contributed by atoms with Crippen molar-refractivity contribution in [2.75, 3.05) is 34.9 Å². The number of rotatable bonds is 8. The summed E-state index contributed by atoms with van der Waals surface area (Å²) >= 11 is 0. The van der Waals surface area contributed by atoms with E-state index < -0.39 is 11.8 Å². The average Bonchev–Trinajstić information content (AvgIpc) is 3.51. The monoisotopic (exact) mass is 472 g/mol. The molecule has 1 aliphatic heterocycles. The van der Waals surface area contributed by atoms with Crippen molar-refractivity contribution >= 4 is 44.8 Å². The molecule has 2 N–H and O–H groups in total. The van der Waals surface area contributed by atoms with Gasteiger partial charge in [0.15, 0.2) is 11.5 Å². The van der Waals surface area contributed by atoms with Crippen molar-refractivity contribution < 1.29 is 19.1 Å². The Hall–Kier alpha value is -4.04. The van der Waals surface area contributed by atoms with Crippen LogP contribution in [0, 0.1) is 0 Å². The molecular weight excluding hydrogens is 444 g/mol. The maximum absolute atomic E-state index is 13.2. The molecular formula is C27H28N4O4. The SMILES string of the molecule is COc1ccc2c(c(C3=C(c4c[nH]c5ccccc45)C(=O)NC3=O)cn2CCCN(C)C)c1OC. The zero-order valence-corrected chi connectivity index (χ0v) is 20.3. The van der Waals surface area contributed by atoms with Crippen LogP contribution >= 0.6 is 0 Å². The Balaban J connectivity index is 1.79. The van der Waals surface area contributed by atoms with Crippen molar-refractivity contribution in [2.45, 2.75) is 13.0 Å². The highest BCUT2D eigenvalue weighted by molar-refractivity contribution is 6.51. The first-order valence-electron chi connectivity index (χ1n) is 11.5. The molecule has 2 aromatic heterocycles. The second-order valence-corrected chi connectivity index (χ2v) is 8.87. The molecule has 0 saturated carbocycles. The van der Waals surface area contributed by atoms with Gasteiger partial charge in [-0.05, 0) is 45.3 Å². The summed E-state index contributed by atoms with van der Waals surface area (Å²) in [6.45, 7) is 1.67. The van der Waals surface area contributed by atoms with Gasteiger partial charge in [-0.25, -0.2) is 0 Å². The number of ether oxygens (including phenoxy) is 2. The van der Waals surface area contributed by atoms with E-state index in [-0.39, 0.29) is 0 Å². The molecule has 0 radical (unpaired) electrons. The first-order chi connectivity index (χ1) is 16.9. The van der Waals surface area contributed by atoms with Gasteiger partial charge in [0.1, 0.15) is 0 Å². The van der Waals surface area contributed by atoms with Crippen molar-refractivity contribution in [3.05, 3.63) is 59.9 Å². The Labute approximate surface area is 203 Å². The van der Waals surface area contributed by atoms with Gasteiger partial charge in [0, 0.05) is 41.0 Å². The normalized spacial score (nSPS) is 14.0. The molecule has 0 atom stereocenters. The van der Waals surface area contributed by atoms with E-state index >= 15 is 0 Å². The van der Waals surface area contributed by atoms with Gasteiger partial charge >= 0.3 is 0 Å². The van der Waals surface area contributed by atoms with Gasteiger partial charge in [0.2, 0.25) is 0 Å². The molecule has 0 spiro atoms. The lowest BCUT2D eigenvalue weighted by atomic mass is 9.95. The third-order valence-corrected chi connectivity index (χ3v) is 6.45. The predicted octanol–water partition coefficient (Wildman–Crippen LogP) is 3.66. The van der Waals surface area contributed by atoms with Crippen LogP contribution in [0.4, 0.5) is 0 Å². The van der Waals surface area contributed by atoms with E-state index in [1.54, 1.807) is 20.4 Å². The van der Waals surface area contributed by atoms with Gasteiger partial charge in [-0.2, -0.15) is 0 Å². The van der Waals surface area contributed by atoms with Gasteiger partial charge < -0.3 is 23.9 Å². The summed E-state index contributed by atoms with van der Waals surface area (Å²) in [5.74, 6) is 0.258. The number of hydrogen-bond acceptors (Lipinski definition) is 5. The zero-order chi connectivity index (χ0) is 24.7.